The standard InChI is InChI=1S/C44H87NO11S/c1-3-5-7-9-11-13-15-17-19-20-21-23-25-27-29-31-33-38(47)37(36-54-44-42(50)43(56-57(51,52)53)41(49)39(35-46)55-44)45-40(48)34-32-30-28-26-24-22-18-16-14-12-10-8-6-4-2/h37-39,41-44,46-47,49-50H,3-36H2,1-2H3,(H,45,48)(H,51,52,53). The quantitative estimate of drug-likeness (QED) is 0.0255. The van der Waals surface area contributed by atoms with Gasteiger partial charge in [-0.15, -0.1) is 0 Å². The molecule has 1 amide bonds. The van der Waals surface area contributed by atoms with Crippen LogP contribution in [-0.4, -0.2) is 95.4 Å². The van der Waals surface area contributed by atoms with Crippen molar-refractivity contribution in [1.29, 1.82) is 0 Å². The average Bonchev–Trinajstić information content (AvgIpc) is 3.18. The van der Waals surface area contributed by atoms with E-state index in [4.69, 9.17) is 9.47 Å². The van der Waals surface area contributed by atoms with Crippen molar-refractivity contribution in [2.45, 2.75) is 262 Å². The highest BCUT2D eigenvalue weighted by molar-refractivity contribution is 7.80. The summed E-state index contributed by atoms with van der Waals surface area (Å²) in [6, 6.07) is -0.850. The molecule has 0 aromatic carbocycles. The molecule has 7 unspecified atom stereocenters. The van der Waals surface area contributed by atoms with Crippen LogP contribution in [0.3, 0.4) is 0 Å². The van der Waals surface area contributed by atoms with E-state index in [0.717, 1.165) is 51.4 Å². The molecule has 1 saturated heterocycles. The molecule has 1 rings (SSSR count). The number of carbonyl (C=O) groups excluding carboxylic acids is 1. The molecular formula is C44H87NO11S. The van der Waals surface area contributed by atoms with E-state index >= 15 is 0 Å². The van der Waals surface area contributed by atoms with Gasteiger partial charge in [0.15, 0.2) is 6.29 Å². The minimum absolute atomic E-state index is 0.227. The maximum Gasteiger partial charge on any atom is 0.397 e. The predicted octanol–water partition coefficient (Wildman–Crippen LogP) is 9.00. The van der Waals surface area contributed by atoms with Gasteiger partial charge in [0.05, 0.1) is 25.4 Å². The number of ether oxygens (including phenoxy) is 2. The molecule has 1 fully saturated rings. The Balaban J connectivity index is 2.49. The molecule has 1 aliphatic rings. The first-order valence-corrected chi connectivity index (χ1v) is 24.8. The Morgan fingerprint density at radius 1 is 0.632 bits per heavy atom. The highest BCUT2D eigenvalue weighted by atomic mass is 32.3. The second kappa shape index (κ2) is 35.8. The molecule has 0 aromatic rings. The maximum absolute atomic E-state index is 13.0. The fourth-order valence-electron chi connectivity index (χ4n) is 7.75. The smallest absolute Gasteiger partial charge is 0.394 e. The molecule has 1 heterocycles. The molecule has 0 spiro atoms. The number of nitrogens with one attached hydrogen (secondary N) is 1. The Labute approximate surface area is 347 Å². The Bertz CT molecular complexity index is 1040. The van der Waals surface area contributed by atoms with Gasteiger partial charge in [0, 0.05) is 6.42 Å². The zero-order chi connectivity index (χ0) is 42.0. The number of aliphatic hydroxyl groups is 4. The van der Waals surface area contributed by atoms with Crippen LogP contribution in [0.5, 0.6) is 0 Å². The highest BCUT2D eigenvalue weighted by Gasteiger charge is 2.48. The Hall–Kier alpha value is -0.900. The lowest BCUT2D eigenvalue weighted by Crippen LogP contribution is -2.61. The summed E-state index contributed by atoms with van der Waals surface area (Å²) in [4.78, 5) is 13.0. The van der Waals surface area contributed by atoms with E-state index in [9.17, 15) is 38.2 Å². The van der Waals surface area contributed by atoms with Gasteiger partial charge >= 0.3 is 10.4 Å². The van der Waals surface area contributed by atoms with E-state index in [2.05, 4.69) is 23.3 Å². The first-order valence-electron chi connectivity index (χ1n) is 23.4. The zero-order valence-corrected chi connectivity index (χ0v) is 37.0. The van der Waals surface area contributed by atoms with Gasteiger partial charge in [-0.2, -0.15) is 8.42 Å². The van der Waals surface area contributed by atoms with Gasteiger partial charge in [0.1, 0.15) is 24.4 Å². The van der Waals surface area contributed by atoms with Crippen molar-refractivity contribution in [3.05, 3.63) is 0 Å². The molecule has 0 aliphatic carbocycles. The van der Waals surface area contributed by atoms with Gasteiger partial charge in [0.25, 0.3) is 0 Å². The molecule has 13 heteroatoms. The number of hydrogen-bond acceptors (Lipinski definition) is 10. The predicted molar refractivity (Wildman–Crippen MR) is 227 cm³/mol. The van der Waals surface area contributed by atoms with Gasteiger partial charge < -0.3 is 35.2 Å². The lowest BCUT2D eigenvalue weighted by atomic mass is 9.99. The SMILES string of the molecule is CCCCCCCCCCCCCCCCCCC(O)C(COC1OC(CO)C(O)C(OS(=O)(=O)O)C1O)NC(=O)CCCCCCCCCCCCCCCC. The summed E-state index contributed by atoms with van der Waals surface area (Å²) < 4.78 is 47.6. The monoisotopic (exact) mass is 838 g/mol. The van der Waals surface area contributed by atoms with Crippen LogP contribution in [0.15, 0.2) is 0 Å². The number of hydrogen-bond donors (Lipinski definition) is 6. The second-order valence-corrected chi connectivity index (χ2v) is 17.8. The largest absolute Gasteiger partial charge is 0.397 e. The topological polar surface area (TPSA) is 192 Å². The van der Waals surface area contributed by atoms with Gasteiger partial charge in [0.2, 0.25) is 5.91 Å². The third kappa shape index (κ3) is 29.1. The van der Waals surface area contributed by atoms with Crippen molar-refractivity contribution in [3.8, 4) is 0 Å². The molecule has 0 saturated carbocycles. The van der Waals surface area contributed by atoms with Crippen molar-refractivity contribution in [2.24, 2.45) is 0 Å². The van der Waals surface area contributed by atoms with Crippen molar-refractivity contribution in [1.82, 2.24) is 5.32 Å². The molecule has 0 bridgehead atoms. The highest BCUT2D eigenvalue weighted by Crippen LogP contribution is 2.26. The summed E-state index contributed by atoms with van der Waals surface area (Å²) in [5.74, 6) is -0.227. The maximum atomic E-state index is 13.0. The third-order valence-electron chi connectivity index (χ3n) is 11.4. The summed E-state index contributed by atoms with van der Waals surface area (Å²) >= 11 is 0. The fraction of sp³-hybridized carbons (Fsp3) is 0.977. The number of aliphatic hydroxyl groups excluding tert-OH is 4. The van der Waals surface area contributed by atoms with E-state index in [-0.39, 0.29) is 12.5 Å². The van der Waals surface area contributed by atoms with Crippen molar-refractivity contribution in [3.63, 3.8) is 0 Å². The summed E-state index contributed by atoms with van der Waals surface area (Å²) in [6.07, 6.45) is 28.1. The van der Waals surface area contributed by atoms with Gasteiger partial charge in [-0.25, -0.2) is 4.18 Å². The molecule has 12 nitrogen and oxygen atoms in total. The van der Waals surface area contributed by atoms with Crippen LogP contribution < -0.4 is 5.32 Å². The van der Waals surface area contributed by atoms with Crippen LogP contribution in [-0.2, 0) is 28.9 Å². The third-order valence-corrected chi connectivity index (χ3v) is 11.9. The molecule has 1 aliphatic heterocycles. The van der Waals surface area contributed by atoms with E-state index < -0.39 is 59.9 Å². The summed E-state index contributed by atoms with van der Waals surface area (Å²) in [5.41, 5.74) is 0. The Morgan fingerprint density at radius 2 is 1.02 bits per heavy atom. The molecule has 0 aromatic heterocycles. The fourth-order valence-corrected chi connectivity index (χ4v) is 8.26. The van der Waals surface area contributed by atoms with E-state index in [1.807, 2.05) is 0 Å². The lowest BCUT2D eigenvalue weighted by Gasteiger charge is -2.41. The van der Waals surface area contributed by atoms with Crippen LogP contribution in [0.4, 0.5) is 0 Å². The normalized spacial score (nSPS) is 21.1. The summed E-state index contributed by atoms with van der Waals surface area (Å²) in [5, 5.41) is 44.8. The van der Waals surface area contributed by atoms with Gasteiger partial charge in [-0.3, -0.25) is 9.35 Å². The van der Waals surface area contributed by atoms with Gasteiger partial charge in [-0.1, -0.05) is 200 Å². The first kappa shape index (κ1) is 54.1. The molecule has 57 heavy (non-hydrogen) atoms. The van der Waals surface area contributed by atoms with Crippen LogP contribution >= 0.6 is 0 Å². The first-order chi connectivity index (χ1) is 27.5. The summed E-state index contributed by atoms with van der Waals surface area (Å²) in [6.45, 7) is 3.46. The van der Waals surface area contributed by atoms with E-state index in [0.29, 0.717) is 12.8 Å². The Kier molecular flexibility index (Phi) is 34.0. The molecule has 7 atom stereocenters. The van der Waals surface area contributed by atoms with Crippen molar-refractivity contribution < 1.29 is 51.8 Å². The minimum atomic E-state index is -5.07. The number of carbonyl (C=O) groups is 1. The average molecular weight is 838 g/mol. The number of rotatable bonds is 40. The van der Waals surface area contributed by atoms with Crippen LogP contribution in [0.1, 0.15) is 219 Å². The van der Waals surface area contributed by atoms with Crippen LogP contribution in [0.25, 0.3) is 0 Å². The lowest BCUT2D eigenvalue weighted by molar-refractivity contribution is -0.298. The van der Waals surface area contributed by atoms with Crippen LogP contribution in [0.2, 0.25) is 0 Å². The second-order valence-electron chi connectivity index (χ2n) is 16.7. The number of unbranched alkanes of at least 4 members (excludes halogenated alkanes) is 28. The minimum Gasteiger partial charge on any atom is -0.394 e. The Morgan fingerprint density at radius 3 is 1.40 bits per heavy atom. The molecule has 6 N–H and O–H groups in total. The zero-order valence-electron chi connectivity index (χ0n) is 36.2. The molecular weight excluding hydrogens is 751 g/mol. The van der Waals surface area contributed by atoms with E-state index in [1.54, 1.807) is 0 Å². The van der Waals surface area contributed by atoms with Crippen LogP contribution in [0, 0.1) is 0 Å². The molecule has 340 valence electrons. The van der Waals surface area contributed by atoms with Crippen molar-refractivity contribution in [2.75, 3.05) is 13.2 Å². The summed E-state index contributed by atoms with van der Waals surface area (Å²) in [7, 11) is -5.07. The number of amides is 1. The van der Waals surface area contributed by atoms with Crippen molar-refractivity contribution >= 4 is 16.3 Å². The van der Waals surface area contributed by atoms with E-state index in [1.165, 1.54) is 141 Å². The van der Waals surface area contributed by atoms with Gasteiger partial charge in [-0.05, 0) is 12.8 Å². The molecule has 0 radical (unpaired) electrons.